The van der Waals surface area contributed by atoms with E-state index in [0.29, 0.717) is 0 Å². The summed E-state index contributed by atoms with van der Waals surface area (Å²) in [4.78, 5) is 2.30. The fourth-order valence-electron chi connectivity index (χ4n) is 1.92. The lowest BCUT2D eigenvalue weighted by molar-refractivity contribution is 0.557. The van der Waals surface area contributed by atoms with Crippen LogP contribution >= 0.6 is 0 Å². The van der Waals surface area contributed by atoms with E-state index in [4.69, 9.17) is 5.26 Å². The second-order valence-corrected chi connectivity index (χ2v) is 4.34. The lowest BCUT2D eigenvalue weighted by Gasteiger charge is -2.24. The summed E-state index contributed by atoms with van der Waals surface area (Å²) in [6, 6.07) is 12.6. The Morgan fingerprint density at radius 1 is 1.28 bits per heavy atom. The molecule has 0 bridgehead atoms. The first-order valence-corrected chi connectivity index (χ1v) is 6.74. The number of nitrogens with zero attached hydrogens (tertiary/aromatic N) is 2. The van der Waals surface area contributed by atoms with Gasteiger partial charge in [-0.3, -0.25) is 0 Å². The van der Waals surface area contributed by atoms with E-state index in [1.54, 1.807) is 0 Å². The van der Waals surface area contributed by atoms with Crippen LogP contribution < -0.4 is 10.2 Å². The molecule has 18 heavy (non-hydrogen) atoms. The predicted molar refractivity (Wildman–Crippen MR) is 76.6 cm³/mol. The zero-order valence-electron chi connectivity index (χ0n) is 11.4. The molecule has 1 atom stereocenters. The topological polar surface area (TPSA) is 39.1 Å². The van der Waals surface area contributed by atoms with Crippen LogP contribution in [-0.4, -0.2) is 25.7 Å². The molecular weight excluding hydrogens is 222 g/mol. The van der Waals surface area contributed by atoms with Crippen LogP contribution in [0.3, 0.4) is 0 Å². The van der Waals surface area contributed by atoms with Gasteiger partial charge in [-0.15, -0.1) is 0 Å². The van der Waals surface area contributed by atoms with Gasteiger partial charge in [0.2, 0.25) is 0 Å². The van der Waals surface area contributed by atoms with Gasteiger partial charge in [0.25, 0.3) is 0 Å². The van der Waals surface area contributed by atoms with Gasteiger partial charge in [0.05, 0.1) is 12.1 Å². The maximum atomic E-state index is 9.08. The van der Waals surface area contributed by atoms with Gasteiger partial charge in [-0.2, -0.15) is 5.26 Å². The maximum Gasteiger partial charge on any atom is 0.0969 e. The molecule has 0 saturated carbocycles. The fraction of sp³-hybridized carbons (Fsp3) is 0.533. The van der Waals surface area contributed by atoms with Crippen molar-refractivity contribution >= 4 is 5.69 Å². The van der Waals surface area contributed by atoms with Crippen molar-refractivity contribution in [1.29, 1.82) is 5.26 Å². The van der Waals surface area contributed by atoms with Crippen molar-refractivity contribution < 1.29 is 0 Å². The Hall–Kier alpha value is -1.53. The summed E-state index contributed by atoms with van der Waals surface area (Å²) in [5, 5.41) is 12.3. The highest BCUT2D eigenvalue weighted by atomic mass is 15.1. The number of hydrogen-bond donors (Lipinski definition) is 1. The van der Waals surface area contributed by atoms with Crippen LogP contribution in [0.15, 0.2) is 30.3 Å². The molecular formula is C15H23N3. The molecule has 3 heteroatoms. The summed E-state index contributed by atoms with van der Waals surface area (Å²) in [6.45, 7) is 7.05. The van der Waals surface area contributed by atoms with E-state index >= 15 is 0 Å². The zero-order valence-corrected chi connectivity index (χ0v) is 11.4. The van der Waals surface area contributed by atoms with E-state index in [9.17, 15) is 0 Å². The van der Waals surface area contributed by atoms with Crippen LogP contribution in [-0.2, 0) is 0 Å². The minimum absolute atomic E-state index is 0.0392. The van der Waals surface area contributed by atoms with Gasteiger partial charge in [-0.05, 0) is 38.4 Å². The minimum atomic E-state index is -0.0392. The Labute approximate surface area is 110 Å². The number of anilines is 1. The molecule has 1 aromatic rings. The van der Waals surface area contributed by atoms with Crippen molar-refractivity contribution in [3.05, 3.63) is 30.3 Å². The predicted octanol–water partition coefficient (Wildman–Crippen LogP) is 2.79. The second kappa shape index (κ2) is 8.54. The van der Waals surface area contributed by atoms with Gasteiger partial charge < -0.3 is 10.2 Å². The molecule has 0 aromatic heterocycles. The first-order valence-electron chi connectivity index (χ1n) is 6.74. The monoisotopic (exact) mass is 245 g/mol. The van der Waals surface area contributed by atoms with Crippen molar-refractivity contribution in [3.63, 3.8) is 0 Å². The molecule has 3 nitrogen and oxygen atoms in total. The van der Waals surface area contributed by atoms with Gasteiger partial charge in [-0.1, -0.05) is 25.1 Å². The number of para-hydroxylation sites is 1. The van der Waals surface area contributed by atoms with Crippen LogP contribution in [0.4, 0.5) is 5.69 Å². The van der Waals surface area contributed by atoms with Gasteiger partial charge in [0.15, 0.2) is 0 Å². The number of nitriles is 1. The highest BCUT2D eigenvalue weighted by Gasteiger charge is 2.09. The fourth-order valence-corrected chi connectivity index (χ4v) is 1.92. The normalized spacial score (nSPS) is 11.8. The molecule has 0 heterocycles. The lowest BCUT2D eigenvalue weighted by atomic mass is 10.2. The van der Waals surface area contributed by atoms with Crippen molar-refractivity contribution in [2.75, 3.05) is 24.5 Å². The Balaban J connectivity index is 2.47. The van der Waals surface area contributed by atoms with E-state index < -0.39 is 0 Å². The highest BCUT2D eigenvalue weighted by molar-refractivity contribution is 5.45. The number of nitrogens with one attached hydrogen (secondary N) is 1. The number of hydrogen-bond acceptors (Lipinski definition) is 3. The third-order valence-electron chi connectivity index (χ3n) is 2.99. The maximum absolute atomic E-state index is 9.08. The first-order chi connectivity index (χ1) is 8.81. The smallest absolute Gasteiger partial charge is 0.0969 e. The molecule has 0 radical (unpaired) electrons. The molecule has 0 amide bonds. The van der Waals surface area contributed by atoms with E-state index in [1.807, 2.05) is 6.07 Å². The molecule has 0 saturated heterocycles. The van der Waals surface area contributed by atoms with E-state index in [2.05, 4.69) is 54.4 Å². The Morgan fingerprint density at radius 3 is 2.56 bits per heavy atom. The molecule has 0 spiro atoms. The molecule has 1 aromatic carbocycles. The van der Waals surface area contributed by atoms with Gasteiger partial charge in [-0.25, -0.2) is 0 Å². The highest BCUT2D eigenvalue weighted by Crippen LogP contribution is 2.13. The lowest BCUT2D eigenvalue weighted by Crippen LogP contribution is -2.33. The van der Waals surface area contributed by atoms with Crippen molar-refractivity contribution in [2.24, 2.45) is 0 Å². The third kappa shape index (κ3) is 4.77. The van der Waals surface area contributed by atoms with Crippen LogP contribution in [0.5, 0.6) is 0 Å². The third-order valence-corrected chi connectivity index (χ3v) is 2.99. The van der Waals surface area contributed by atoms with Crippen molar-refractivity contribution in [3.8, 4) is 6.07 Å². The second-order valence-electron chi connectivity index (χ2n) is 4.34. The number of rotatable bonds is 8. The Bertz CT molecular complexity index is 356. The van der Waals surface area contributed by atoms with Crippen LogP contribution in [0, 0.1) is 11.3 Å². The zero-order chi connectivity index (χ0) is 13.2. The standard InChI is InChI=1S/C15H23N3/c1-3-11-17-14(13-16)10-12-18(4-2)15-8-6-5-7-9-15/h5-9,14,17H,3-4,10-12H2,1-2H3. The van der Waals surface area contributed by atoms with Crippen LogP contribution in [0.1, 0.15) is 26.7 Å². The Kier molecular flexibility index (Phi) is 6.90. The average molecular weight is 245 g/mol. The molecule has 0 aliphatic rings. The summed E-state index contributed by atoms with van der Waals surface area (Å²) >= 11 is 0. The van der Waals surface area contributed by atoms with Crippen LogP contribution in [0.25, 0.3) is 0 Å². The summed E-state index contributed by atoms with van der Waals surface area (Å²) < 4.78 is 0. The van der Waals surface area contributed by atoms with Gasteiger partial charge in [0.1, 0.15) is 0 Å². The summed E-state index contributed by atoms with van der Waals surface area (Å²) in [5.74, 6) is 0. The number of benzene rings is 1. The molecule has 1 unspecified atom stereocenters. The average Bonchev–Trinajstić information content (AvgIpc) is 2.44. The summed E-state index contributed by atoms with van der Waals surface area (Å²) in [5.41, 5.74) is 1.23. The van der Waals surface area contributed by atoms with E-state index in [1.165, 1.54) is 5.69 Å². The summed E-state index contributed by atoms with van der Waals surface area (Å²) in [6.07, 6.45) is 1.92. The van der Waals surface area contributed by atoms with Crippen molar-refractivity contribution in [1.82, 2.24) is 5.32 Å². The van der Waals surface area contributed by atoms with Crippen LogP contribution in [0.2, 0.25) is 0 Å². The molecule has 1 rings (SSSR count). The Morgan fingerprint density at radius 2 is 2.00 bits per heavy atom. The molecule has 98 valence electrons. The molecule has 0 fully saturated rings. The largest absolute Gasteiger partial charge is 0.372 e. The quantitative estimate of drug-likeness (QED) is 0.765. The van der Waals surface area contributed by atoms with E-state index in [0.717, 1.165) is 32.5 Å². The first kappa shape index (κ1) is 14.5. The SMILES string of the molecule is CCCNC(C#N)CCN(CC)c1ccccc1. The summed E-state index contributed by atoms with van der Waals surface area (Å²) in [7, 11) is 0. The van der Waals surface area contributed by atoms with Gasteiger partial charge >= 0.3 is 0 Å². The van der Waals surface area contributed by atoms with Gasteiger partial charge in [0, 0.05) is 18.8 Å². The minimum Gasteiger partial charge on any atom is -0.372 e. The molecule has 0 aliphatic carbocycles. The van der Waals surface area contributed by atoms with Crippen molar-refractivity contribution in [2.45, 2.75) is 32.7 Å². The molecule has 1 N–H and O–H groups in total. The van der Waals surface area contributed by atoms with E-state index in [-0.39, 0.29) is 6.04 Å². The molecule has 0 aliphatic heterocycles.